The Morgan fingerprint density at radius 1 is 1.47 bits per heavy atom. The predicted octanol–water partition coefficient (Wildman–Crippen LogP) is 1.45. The molecule has 1 aliphatic rings. The van der Waals surface area contributed by atoms with Crippen LogP contribution in [-0.2, 0) is 4.74 Å². The quantitative estimate of drug-likeness (QED) is 0.718. The van der Waals surface area contributed by atoms with Gasteiger partial charge in [0, 0.05) is 13.1 Å². The third-order valence-corrected chi connectivity index (χ3v) is 2.72. The van der Waals surface area contributed by atoms with Crippen molar-refractivity contribution in [2.24, 2.45) is 17.6 Å². The molecule has 0 aromatic heterocycles. The monoisotopic (exact) mass is 214 g/mol. The Balaban J connectivity index is 2.50. The van der Waals surface area contributed by atoms with Gasteiger partial charge in [0.1, 0.15) is 5.60 Å². The van der Waals surface area contributed by atoms with Gasteiger partial charge in [0.15, 0.2) is 0 Å². The Bertz CT molecular complexity index is 235. The molecule has 1 rings (SSSR count). The molecule has 0 radical (unpaired) electrons. The zero-order valence-electron chi connectivity index (χ0n) is 10.1. The first-order chi connectivity index (χ1) is 6.83. The molecule has 2 N–H and O–H groups in total. The third kappa shape index (κ3) is 3.38. The molecular formula is C11H22N2O2. The Labute approximate surface area is 91.8 Å². The Morgan fingerprint density at radius 2 is 2.07 bits per heavy atom. The summed E-state index contributed by atoms with van der Waals surface area (Å²) in [6.45, 7) is 9.90. The maximum Gasteiger partial charge on any atom is 0.410 e. The maximum atomic E-state index is 11.7. The lowest BCUT2D eigenvalue weighted by Crippen LogP contribution is -2.35. The second-order valence-electron chi connectivity index (χ2n) is 5.36. The van der Waals surface area contributed by atoms with Gasteiger partial charge in [-0.05, 0) is 39.2 Å². The van der Waals surface area contributed by atoms with Gasteiger partial charge in [0.05, 0.1) is 0 Å². The summed E-state index contributed by atoms with van der Waals surface area (Å²) in [6, 6.07) is 0. The van der Waals surface area contributed by atoms with Crippen molar-refractivity contribution in [3.05, 3.63) is 0 Å². The summed E-state index contributed by atoms with van der Waals surface area (Å²) >= 11 is 0. The van der Waals surface area contributed by atoms with Gasteiger partial charge in [0.25, 0.3) is 0 Å². The van der Waals surface area contributed by atoms with Crippen LogP contribution in [0.2, 0.25) is 0 Å². The third-order valence-electron chi connectivity index (χ3n) is 2.72. The normalized spacial score (nSPS) is 26.9. The topological polar surface area (TPSA) is 55.6 Å². The van der Waals surface area contributed by atoms with E-state index in [1.54, 1.807) is 4.90 Å². The number of likely N-dealkylation sites (tertiary alicyclic amines) is 1. The molecule has 88 valence electrons. The van der Waals surface area contributed by atoms with Crippen molar-refractivity contribution >= 4 is 6.09 Å². The lowest BCUT2D eigenvalue weighted by Gasteiger charge is -2.24. The van der Waals surface area contributed by atoms with E-state index in [0.717, 1.165) is 13.1 Å². The zero-order chi connectivity index (χ0) is 11.6. The molecule has 0 aliphatic carbocycles. The lowest BCUT2D eigenvalue weighted by molar-refractivity contribution is 0.0285. The van der Waals surface area contributed by atoms with Crippen LogP contribution in [0.1, 0.15) is 27.7 Å². The Hall–Kier alpha value is -0.770. The number of carbonyl (C=O) groups excluding carboxylic acids is 1. The lowest BCUT2D eigenvalue weighted by atomic mass is 9.99. The van der Waals surface area contributed by atoms with Gasteiger partial charge in [0.2, 0.25) is 0 Å². The van der Waals surface area contributed by atoms with Crippen molar-refractivity contribution in [1.82, 2.24) is 4.90 Å². The van der Waals surface area contributed by atoms with Crippen molar-refractivity contribution in [3.8, 4) is 0 Å². The average molecular weight is 214 g/mol. The molecule has 0 aromatic rings. The van der Waals surface area contributed by atoms with Crippen LogP contribution in [0.15, 0.2) is 0 Å². The average Bonchev–Trinajstić information content (AvgIpc) is 2.43. The van der Waals surface area contributed by atoms with Crippen molar-refractivity contribution in [1.29, 1.82) is 0 Å². The summed E-state index contributed by atoms with van der Waals surface area (Å²) in [5.74, 6) is 0.889. The van der Waals surface area contributed by atoms with Crippen LogP contribution in [0.25, 0.3) is 0 Å². The first kappa shape index (κ1) is 12.3. The van der Waals surface area contributed by atoms with Gasteiger partial charge < -0.3 is 15.4 Å². The van der Waals surface area contributed by atoms with Crippen LogP contribution >= 0.6 is 0 Å². The fourth-order valence-electron chi connectivity index (χ4n) is 1.82. The highest BCUT2D eigenvalue weighted by Gasteiger charge is 2.33. The van der Waals surface area contributed by atoms with Crippen LogP contribution in [0, 0.1) is 11.8 Å². The number of carbonyl (C=O) groups is 1. The number of nitrogens with two attached hydrogens (primary N) is 1. The molecule has 0 spiro atoms. The van der Waals surface area contributed by atoms with Crippen molar-refractivity contribution in [3.63, 3.8) is 0 Å². The van der Waals surface area contributed by atoms with E-state index in [2.05, 4.69) is 6.92 Å². The fraction of sp³-hybridized carbons (Fsp3) is 0.909. The molecule has 1 heterocycles. The number of hydrogen-bond acceptors (Lipinski definition) is 3. The van der Waals surface area contributed by atoms with Gasteiger partial charge >= 0.3 is 6.09 Å². The molecule has 0 saturated carbocycles. The van der Waals surface area contributed by atoms with Crippen molar-refractivity contribution < 1.29 is 9.53 Å². The number of ether oxygens (including phenoxy) is 1. The summed E-state index contributed by atoms with van der Waals surface area (Å²) in [5.41, 5.74) is 5.22. The van der Waals surface area contributed by atoms with Crippen LogP contribution in [0.3, 0.4) is 0 Å². The highest BCUT2D eigenvalue weighted by molar-refractivity contribution is 5.68. The molecule has 15 heavy (non-hydrogen) atoms. The molecule has 1 fully saturated rings. The minimum Gasteiger partial charge on any atom is -0.444 e. The van der Waals surface area contributed by atoms with E-state index in [1.165, 1.54) is 0 Å². The van der Waals surface area contributed by atoms with E-state index < -0.39 is 5.60 Å². The molecule has 2 atom stereocenters. The summed E-state index contributed by atoms with van der Waals surface area (Å²) in [6.07, 6.45) is -0.217. The number of rotatable bonds is 1. The zero-order valence-corrected chi connectivity index (χ0v) is 10.1. The maximum absolute atomic E-state index is 11.7. The SMILES string of the molecule is C[C@@H]1CN(C(=O)OC(C)(C)C)C[C@H]1CN. The van der Waals surface area contributed by atoms with Gasteiger partial charge in [-0.1, -0.05) is 6.92 Å². The van der Waals surface area contributed by atoms with Crippen molar-refractivity contribution in [2.45, 2.75) is 33.3 Å². The van der Waals surface area contributed by atoms with E-state index in [9.17, 15) is 4.79 Å². The van der Waals surface area contributed by atoms with Crippen LogP contribution in [0.4, 0.5) is 4.79 Å². The highest BCUT2D eigenvalue weighted by Crippen LogP contribution is 2.23. The number of amides is 1. The van der Waals surface area contributed by atoms with E-state index >= 15 is 0 Å². The number of nitrogens with zero attached hydrogens (tertiary/aromatic N) is 1. The molecule has 0 bridgehead atoms. The number of hydrogen-bond donors (Lipinski definition) is 1. The van der Waals surface area contributed by atoms with Crippen LogP contribution < -0.4 is 5.73 Å². The minimum atomic E-state index is -0.416. The predicted molar refractivity (Wildman–Crippen MR) is 59.5 cm³/mol. The van der Waals surface area contributed by atoms with E-state index in [-0.39, 0.29) is 6.09 Å². The first-order valence-electron chi connectivity index (χ1n) is 5.51. The second kappa shape index (κ2) is 4.39. The molecule has 1 saturated heterocycles. The molecule has 4 heteroatoms. The van der Waals surface area contributed by atoms with Crippen molar-refractivity contribution in [2.75, 3.05) is 19.6 Å². The Morgan fingerprint density at radius 3 is 2.47 bits per heavy atom. The molecule has 4 nitrogen and oxygen atoms in total. The summed E-state index contributed by atoms with van der Waals surface area (Å²) in [5, 5.41) is 0. The summed E-state index contributed by atoms with van der Waals surface area (Å²) < 4.78 is 5.31. The molecular weight excluding hydrogens is 192 g/mol. The first-order valence-corrected chi connectivity index (χ1v) is 5.51. The standard InChI is InChI=1S/C11H22N2O2/c1-8-6-13(7-9(8)5-12)10(14)15-11(2,3)4/h8-9H,5-7,12H2,1-4H3/t8-,9-/m1/s1. The van der Waals surface area contributed by atoms with E-state index in [4.69, 9.17) is 10.5 Å². The van der Waals surface area contributed by atoms with E-state index in [1.807, 2.05) is 20.8 Å². The largest absolute Gasteiger partial charge is 0.444 e. The molecule has 1 aliphatic heterocycles. The highest BCUT2D eigenvalue weighted by atomic mass is 16.6. The minimum absolute atomic E-state index is 0.217. The summed E-state index contributed by atoms with van der Waals surface area (Å²) in [4.78, 5) is 13.5. The fourth-order valence-corrected chi connectivity index (χ4v) is 1.82. The molecule has 1 amide bonds. The van der Waals surface area contributed by atoms with E-state index in [0.29, 0.717) is 18.4 Å². The van der Waals surface area contributed by atoms with Crippen LogP contribution in [0.5, 0.6) is 0 Å². The molecule has 0 aromatic carbocycles. The van der Waals surface area contributed by atoms with Gasteiger partial charge in [-0.25, -0.2) is 4.79 Å². The van der Waals surface area contributed by atoms with Gasteiger partial charge in [-0.2, -0.15) is 0 Å². The van der Waals surface area contributed by atoms with Gasteiger partial charge in [-0.15, -0.1) is 0 Å². The second-order valence-corrected chi connectivity index (χ2v) is 5.36. The smallest absolute Gasteiger partial charge is 0.410 e. The Kier molecular flexibility index (Phi) is 3.60. The summed E-state index contributed by atoms with van der Waals surface area (Å²) in [7, 11) is 0. The molecule has 0 unspecified atom stereocenters. The van der Waals surface area contributed by atoms with Gasteiger partial charge in [-0.3, -0.25) is 0 Å². The van der Waals surface area contributed by atoms with Crippen LogP contribution in [-0.4, -0.2) is 36.2 Å².